The van der Waals surface area contributed by atoms with Gasteiger partial charge < -0.3 is 20.9 Å². The summed E-state index contributed by atoms with van der Waals surface area (Å²) in [5.41, 5.74) is 2.42. The summed E-state index contributed by atoms with van der Waals surface area (Å²) in [4.78, 5) is 23.6. The highest BCUT2D eigenvalue weighted by atomic mass is 19.1. The van der Waals surface area contributed by atoms with Crippen LogP contribution in [0.2, 0.25) is 0 Å². The van der Waals surface area contributed by atoms with E-state index in [4.69, 9.17) is 0 Å². The van der Waals surface area contributed by atoms with Gasteiger partial charge in [-0.3, -0.25) is 14.8 Å². The summed E-state index contributed by atoms with van der Waals surface area (Å²) in [5.74, 6) is 0.282. The van der Waals surface area contributed by atoms with E-state index < -0.39 is 0 Å². The van der Waals surface area contributed by atoms with Gasteiger partial charge in [-0.2, -0.15) is 0 Å². The highest BCUT2D eigenvalue weighted by molar-refractivity contribution is 5.93. The van der Waals surface area contributed by atoms with Crippen LogP contribution in [0.25, 0.3) is 10.9 Å². The number of benzene rings is 1. The van der Waals surface area contributed by atoms with E-state index in [0.717, 1.165) is 29.4 Å². The number of halogens is 1. The lowest BCUT2D eigenvalue weighted by atomic mass is 10.1. The number of hydrogen-bond donors (Lipinski definition) is 4. The number of pyridine rings is 1. The molecule has 29 heavy (non-hydrogen) atoms. The predicted molar refractivity (Wildman–Crippen MR) is 113 cm³/mol. The van der Waals surface area contributed by atoms with E-state index in [2.05, 4.69) is 30.9 Å². The Morgan fingerprint density at radius 3 is 2.86 bits per heavy atom. The molecule has 0 fully saturated rings. The normalized spacial score (nSPS) is 11.4. The van der Waals surface area contributed by atoms with E-state index >= 15 is 0 Å². The third-order valence-corrected chi connectivity index (χ3v) is 4.35. The van der Waals surface area contributed by atoms with Gasteiger partial charge >= 0.3 is 0 Å². The second-order valence-electron chi connectivity index (χ2n) is 6.44. The molecule has 0 aliphatic carbocycles. The first-order chi connectivity index (χ1) is 14.2. The Morgan fingerprint density at radius 2 is 2.07 bits per heavy atom. The zero-order valence-corrected chi connectivity index (χ0v) is 16.3. The van der Waals surface area contributed by atoms with Crippen LogP contribution < -0.4 is 16.0 Å². The smallest absolute Gasteiger partial charge is 0.252 e. The van der Waals surface area contributed by atoms with Crippen molar-refractivity contribution in [1.29, 1.82) is 0 Å². The first kappa shape index (κ1) is 20.3. The average molecular weight is 396 g/mol. The Hall–Kier alpha value is -3.42. The lowest BCUT2D eigenvalue weighted by Gasteiger charge is -2.12. The van der Waals surface area contributed by atoms with Crippen LogP contribution in [0.15, 0.2) is 53.9 Å². The van der Waals surface area contributed by atoms with Crippen LogP contribution in [0.3, 0.4) is 0 Å². The minimum absolute atomic E-state index is 0.155. The first-order valence-electron chi connectivity index (χ1n) is 9.63. The molecule has 1 aromatic carbocycles. The quantitative estimate of drug-likeness (QED) is 0.267. The highest BCUT2D eigenvalue weighted by Gasteiger charge is 2.06. The molecule has 2 heterocycles. The fraction of sp³-hybridized carbons (Fsp3) is 0.286. The maximum absolute atomic E-state index is 13.3. The summed E-state index contributed by atoms with van der Waals surface area (Å²) < 4.78 is 13.3. The fourth-order valence-corrected chi connectivity index (χ4v) is 2.95. The van der Waals surface area contributed by atoms with Crippen molar-refractivity contribution < 1.29 is 9.18 Å². The number of hydrogen-bond acceptors (Lipinski definition) is 3. The lowest BCUT2D eigenvalue weighted by Crippen LogP contribution is -2.41. The monoisotopic (exact) mass is 396 g/mol. The largest absolute Gasteiger partial charge is 0.361 e. The summed E-state index contributed by atoms with van der Waals surface area (Å²) >= 11 is 0. The van der Waals surface area contributed by atoms with Gasteiger partial charge in [0.2, 0.25) is 0 Å². The molecule has 0 bridgehead atoms. The van der Waals surface area contributed by atoms with Crippen molar-refractivity contribution in [2.24, 2.45) is 4.99 Å². The van der Waals surface area contributed by atoms with Crippen molar-refractivity contribution in [3.05, 3.63) is 65.9 Å². The first-order valence-corrected chi connectivity index (χ1v) is 9.63. The third kappa shape index (κ3) is 5.78. The van der Waals surface area contributed by atoms with E-state index in [1.807, 2.05) is 13.1 Å². The number of aromatic nitrogens is 2. The number of fused-ring (bicyclic) bond motifs is 1. The predicted octanol–water partition coefficient (Wildman–Crippen LogP) is 2.23. The Morgan fingerprint density at radius 1 is 1.21 bits per heavy atom. The average Bonchev–Trinajstić information content (AvgIpc) is 3.13. The molecular formula is C21H25FN6O. The van der Waals surface area contributed by atoms with Crippen LogP contribution in [0.4, 0.5) is 4.39 Å². The zero-order chi connectivity index (χ0) is 20.5. The van der Waals surface area contributed by atoms with Crippen molar-refractivity contribution in [3.8, 4) is 0 Å². The maximum Gasteiger partial charge on any atom is 0.252 e. The molecule has 0 saturated carbocycles. The number of carbonyl (C=O) groups excluding carboxylic acids is 1. The van der Waals surface area contributed by atoms with Crippen LogP contribution in [-0.4, -0.2) is 48.0 Å². The Balaban J connectivity index is 1.47. The second-order valence-corrected chi connectivity index (χ2v) is 6.44. The minimum Gasteiger partial charge on any atom is -0.361 e. The molecule has 2 aromatic heterocycles. The molecule has 0 spiro atoms. The summed E-state index contributed by atoms with van der Waals surface area (Å²) in [6, 6.07) is 8.20. The topological polar surface area (TPSA) is 94.2 Å². The summed E-state index contributed by atoms with van der Waals surface area (Å²) in [7, 11) is 0. The second kappa shape index (κ2) is 10.2. The number of H-pyrrole nitrogens is 1. The van der Waals surface area contributed by atoms with E-state index in [9.17, 15) is 9.18 Å². The van der Waals surface area contributed by atoms with Gasteiger partial charge in [0.25, 0.3) is 5.91 Å². The number of aliphatic imine (C=N–C) groups is 1. The van der Waals surface area contributed by atoms with Gasteiger partial charge in [0.15, 0.2) is 5.96 Å². The Bertz CT molecular complexity index is 970. The van der Waals surface area contributed by atoms with Gasteiger partial charge in [-0.25, -0.2) is 4.39 Å². The number of rotatable bonds is 8. The number of amides is 1. The standard InChI is InChI=1S/C21H25FN6O/c1-2-24-21(27-11-10-25-20(29)16-4-3-8-23-13-16)26-9-7-15-14-28-19-12-17(22)5-6-18(15)19/h3-6,8,12-14,28H,2,7,9-11H2,1H3,(H,25,29)(H2,24,26,27). The molecule has 0 atom stereocenters. The number of guanidine groups is 1. The zero-order valence-electron chi connectivity index (χ0n) is 16.3. The van der Waals surface area contributed by atoms with Gasteiger partial charge in [0.05, 0.1) is 5.56 Å². The van der Waals surface area contributed by atoms with Gasteiger partial charge in [-0.1, -0.05) is 0 Å². The molecule has 152 valence electrons. The van der Waals surface area contributed by atoms with E-state index in [-0.39, 0.29) is 11.7 Å². The number of nitrogens with zero attached hydrogens (tertiary/aromatic N) is 2. The summed E-state index contributed by atoms with van der Waals surface area (Å²) in [6.07, 6.45) is 5.80. The Kier molecular flexibility index (Phi) is 7.16. The van der Waals surface area contributed by atoms with Crippen molar-refractivity contribution in [3.63, 3.8) is 0 Å². The van der Waals surface area contributed by atoms with Gasteiger partial charge in [-0.15, -0.1) is 0 Å². The molecule has 0 unspecified atom stereocenters. The van der Waals surface area contributed by atoms with Crippen LogP contribution in [0.1, 0.15) is 22.8 Å². The highest BCUT2D eigenvalue weighted by Crippen LogP contribution is 2.19. The molecule has 8 heteroatoms. The molecule has 0 saturated heterocycles. The summed E-state index contributed by atoms with van der Waals surface area (Å²) in [5, 5.41) is 10.2. The van der Waals surface area contributed by atoms with Crippen LogP contribution in [0.5, 0.6) is 0 Å². The lowest BCUT2D eigenvalue weighted by molar-refractivity contribution is 0.0954. The van der Waals surface area contributed by atoms with Gasteiger partial charge in [-0.05, 0) is 49.2 Å². The molecule has 3 rings (SSSR count). The van der Waals surface area contributed by atoms with Gasteiger partial charge in [0.1, 0.15) is 5.82 Å². The molecular weight excluding hydrogens is 371 g/mol. The van der Waals surface area contributed by atoms with E-state index in [1.165, 1.54) is 18.3 Å². The van der Waals surface area contributed by atoms with Crippen LogP contribution in [0, 0.1) is 5.82 Å². The molecule has 0 aliphatic rings. The van der Waals surface area contributed by atoms with Crippen molar-refractivity contribution in [2.75, 3.05) is 26.2 Å². The van der Waals surface area contributed by atoms with Crippen molar-refractivity contribution in [1.82, 2.24) is 25.9 Å². The van der Waals surface area contributed by atoms with Crippen LogP contribution in [-0.2, 0) is 6.42 Å². The SMILES string of the molecule is CCNC(=NCCc1c[nH]c2cc(F)ccc12)NCCNC(=O)c1cccnc1. The molecule has 7 nitrogen and oxygen atoms in total. The van der Waals surface area contributed by atoms with Gasteiger partial charge in [0, 0.05) is 55.7 Å². The molecule has 0 aliphatic heterocycles. The molecule has 4 N–H and O–H groups in total. The number of nitrogens with one attached hydrogen (secondary N) is 4. The molecule has 0 radical (unpaired) electrons. The number of aromatic amines is 1. The molecule has 1 amide bonds. The van der Waals surface area contributed by atoms with Crippen molar-refractivity contribution >= 4 is 22.8 Å². The van der Waals surface area contributed by atoms with Crippen molar-refractivity contribution in [2.45, 2.75) is 13.3 Å². The van der Waals surface area contributed by atoms with E-state index in [0.29, 0.717) is 31.2 Å². The summed E-state index contributed by atoms with van der Waals surface area (Å²) in [6.45, 7) is 4.33. The number of carbonyl (C=O) groups is 1. The molecule has 3 aromatic rings. The van der Waals surface area contributed by atoms with E-state index in [1.54, 1.807) is 24.4 Å². The third-order valence-electron chi connectivity index (χ3n) is 4.35. The fourth-order valence-electron chi connectivity index (χ4n) is 2.95. The Labute approximate surface area is 168 Å². The maximum atomic E-state index is 13.3. The van der Waals surface area contributed by atoms with Crippen LogP contribution >= 0.6 is 0 Å². The minimum atomic E-state index is -0.252.